The van der Waals surface area contributed by atoms with Crippen LogP contribution in [0.3, 0.4) is 0 Å². The number of hydrogen-bond donors (Lipinski definition) is 1. The normalized spacial score (nSPS) is 14.7. The quantitative estimate of drug-likeness (QED) is 0.107. The van der Waals surface area contributed by atoms with Crippen LogP contribution in [0.2, 0.25) is 0 Å². The van der Waals surface area contributed by atoms with Crippen molar-refractivity contribution >= 4 is 41.7 Å². The number of aldehydes is 1. The van der Waals surface area contributed by atoms with Crippen LogP contribution in [0, 0.1) is 17.8 Å². The van der Waals surface area contributed by atoms with Crippen LogP contribution in [0.4, 0.5) is 0 Å². The topological polar surface area (TPSA) is 116 Å². The molecular weight excluding hydrogens is 604 g/mol. The molecule has 2 unspecified atom stereocenters. The van der Waals surface area contributed by atoms with Crippen LogP contribution in [-0.4, -0.2) is 115 Å². The number of hydrogen-bond acceptors (Lipinski definition) is 7. The lowest BCUT2D eigenvalue weighted by atomic mass is 9.91. The number of carbonyl (C=O) groups excluding carboxylic acids is 5. The van der Waals surface area contributed by atoms with Crippen molar-refractivity contribution < 1.29 is 28.7 Å². The number of rotatable bonds is 25. The fourth-order valence-corrected chi connectivity index (χ4v) is 6.94. The van der Waals surface area contributed by atoms with Crippen LogP contribution >= 0.6 is 11.8 Å². The minimum atomic E-state index is -0.717. The molecule has 0 aliphatic rings. The van der Waals surface area contributed by atoms with Gasteiger partial charge >= 0.3 is 0 Å². The van der Waals surface area contributed by atoms with Gasteiger partial charge in [0.2, 0.25) is 23.6 Å². The largest absolute Gasteiger partial charge is 0.379 e. The Labute approximate surface area is 284 Å². The van der Waals surface area contributed by atoms with E-state index in [9.17, 15) is 24.0 Å². The molecule has 11 heteroatoms. The molecule has 0 radical (unpaired) electrons. The molecule has 0 spiro atoms. The number of nitrogens with one attached hydrogen (secondary N) is 1. The molecule has 46 heavy (non-hydrogen) atoms. The molecule has 0 aliphatic carbocycles. The fourth-order valence-electron chi connectivity index (χ4n) is 5.76. The van der Waals surface area contributed by atoms with E-state index in [0.717, 1.165) is 44.1 Å². The first-order valence-electron chi connectivity index (χ1n) is 17.3. The highest BCUT2D eigenvalue weighted by Gasteiger charge is 2.34. The number of likely N-dealkylation sites (N-methyl/N-ethyl adjacent to an activating group) is 2. The van der Waals surface area contributed by atoms with Crippen molar-refractivity contribution in [1.82, 2.24) is 20.0 Å². The first kappa shape index (κ1) is 43.9. The Hall–Kier alpha value is -2.14. The summed E-state index contributed by atoms with van der Waals surface area (Å²) in [5.74, 6) is 0.996. The second kappa shape index (κ2) is 24.1. The summed E-state index contributed by atoms with van der Waals surface area (Å²) in [5, 5.41) is 2.74. The van der Waals surface area contributed by atoms with Crippen LogP contribution in [0.25, 0.3) is 0 Å². The lowest BCUT2D eigenvalue weighted by Gasteiger charge is -2.37. The van der Waals surface area contributed by atoms with Crippen molar-refractivity contribution in [3.63, 3.8) is 0 Å². The van der Waals surface area contributed by atoms with Gasteiger partial charge in [0.15, 0.2) is 0 Å². The van der Waals surface area contributed by atoms with Gasteiger partial charge in [0.25, 0.3) is 0 Å². The van der Waals surface area contributed by atoms with E-state index in [0.29, 0.717) is 25.3 Å². The average molecular weight is 671 g/mol. The lowest BCUT2D eigenvalue weighted by Crippen LogP contribution is -2.54. The van der Waals surface area contributed by atoms with E-state index in [1.54, 1.807) is 30.8 Å². The number of methoxy groups -OCH3 is 1. The van der Waals surface area contributed by atoms with E-state index in [2.05, 4.69) is 26.1 Å². The van der Waals surface area contributed by atoms with Crippen LogP contribution in [0.15, 0.2) is 0 Å². The second-order valence-electron chi connectivity index (χ2n) is 13.3. The molecule has 268 valence electrons. The molecule has 0 aliphatic heterocycles. The maximum atomic E-state index is 13.2. The van der Waals surface area contributed by atoms with Gasteiger partial charge in [-0.1, -0.05) is 67.7 Å². The molecule has 10 nitrogen and oxygen atoms in total. The van der Waals surface area contributed by atoms with E-state index in [1.165, 1.54) is 18.4 Å². The van der Waals surface area contributed by atoms with E-state index >= 15 is 0 Å². The van der Waals surface area contributed by atoms with Gasteiger partial charge in [0, 0.05) is 47.6 Å². The Bertz CT molecular complexity index is 918. The van der Waals surface area contributed by atoms with E-state index in [4.69, 9.17) is 4.74 Å². The summed E-state index contributed by atoms with van der Waals surface area (Å²) in [7, 11) is 6.69. The Kier molecular flexibility index (Phi) is 22.9. The van der Waals surface area contributed by atoms with Crippen molar-refractivity contribution in [1.29, 1.82) is 0 Å². The minimum absolute atomic E-state index is 0.00624. The number of thioether (sulfide) groups is 1. The zero-order chi connectivity index (χ0) is 35.4. The molecule has 0 aromatic carbocycles. The third kappa shape index (κ3) is 15.6. The highest BCUT2D eigenvalue weighted by Crippen LogP contribution is 2.22. The Balaban J connectivity index is 4.92. The predicted octanol–water partition coefficient (Wildman–Crippen LogP) is 5.03. The van der Waals surface area contributed by atoms with Gasteiger partial charge in [-0.3, -0.25) is 19.2 Å². The molecule has 0 saturated heterocycles. The molecule has 4 amide bonds. The summed E-state index contributed by atoms with van der Waals surface area (Å²) >= 11 is 1.76. The summed E-state index contributed by atoms with van der Waals surface area (Å²) in [6, 6.07) is -1.04. The van der Waals surface area contributed by atoms with Crippen LogP contribution in [-0.2, 0) is 28.7 Å². The van der Waals surface area contributed by atoms with Gasteiger partial charge < -0.3 is 29.5 Å². The molecule has 0 bridgehead atoms. The first-order valence-corrected chi connectivity index (χ1v) is 18.3. The van der Waals surface area contributed by atoms with E-state index < -0.39 is 12.1 Å². The predicted molar refractivity (Wildman–Crippen MR) is 189 cm³/mol. The third-order valence-corrected chi connectivity index (χ3v) is 10.3. The van der Waals surface area contributed by atoms with Gasteiger partial charge in [-0.2, -0.15) is 0 Å². The summed E-state index contributed by atoms with van der Waals surface area (Å²) in [6.45, 7) is 14.7. The standard InChI is InChI=1S/C35H66N4O6S/c1-12-27(7)33(28(45-11)20-22-40)39(10)31(42)24-36-34(43)32(26(5)6)38(9)30(41)19-15-14-16-21-37(8)35(44)29(13-2)46-23-17-18-25(3)4/h22,25-29,32-33H,12-21,23-24H2,1-11H3,(H,36,43)/t27-,28+,29?,32?,33-/m0/s1. The van der Waals surface area contributed by atoms with Crippen molar-refractivity contribution in [2.45, 2.75) is 130 Å². The molecule has 0 fully saturated rings. The molecule has 5 atom stereocenters. The van der Waals surface area contributed by atoms with Crippen molar-refractivity contribution in [3.05, 3.63) is 0 Å². The zero-order valence-corrected chi connectivity index (χ0v) is 31.6. The molecule has 0 rings (SSSR count). The summed E-state index contributed by atoms with van der Waals surface area (Å²) in [4.78, 5) is 68.4. The maximum Gasteiger partial charge on any atom is 0.243 e. The van der Waals surface area contributed by atoms with Crippen molar-refractivity contribution in [2.75, 3.05) is 47.1 Å². The van der Waals surface area contributed by atoms with Gasteiger partial charge in [-0.25, -0.2) is 0 Å². The lowest BCUT2D eigenvalue weighted by molar-refractivity contribution is -0.142. The third-order valence-electron chi connectivity index (χ3n) is 8.86. The van der Waals surface area contributed by atoms with E-state index in [1.807, 2.05) is 39.6 Å². The number of ether oxygens (including phenoxy) is 1. The highest BCUT2D eigenvalue weighted by molar-refractivity contribution is 8.00. The first-order chi connectivity index (χ1) is 21.7. The smallest absolute Gasteiger partial charge is 0.243 e. The molecule has 0 aromatic heterocycles. The van der Waals surface area contributed by atoms with Crippen molar-refractivity contribution in [2.24, 2.45) is 17.8 Å². The Morgan fingerprint density at radius 2 is 1.52 bits per heavy atom. The average Bonchev–Trinajstić information content (AvgIpc) is 3.01. The minimum Gasteiger partial charge on any atom is -0.379 e. The Morgan fingerprint density at radius 1 is 0.870 bits per heavy atom. The zero-order valence-electron chi connectivity index (χ0n) is 30.8. The van der Waals surface area contributed by atoms with Gasteiger partial charge in [-0.15, -0.1) is 11.8 Å². The molecular formula is C35H66N4O6S. The van der Waals surface area contributed by atoms with Crippen LogP contribution in [0.5, 0.6) is 0 Å². The maximum absolute atomic E-state index is 13.2. The number of nitrogens with zero attached hydrogens (tertiary/aromatic N) is 3. The summed E-state index contributed by atoms with van der Waals surface area (Å²) in [6.07, 6.45) is 7.03. The van der Waals surface area contributed by atoms with Crippen LogP contribution in [0.1, 0.15) is 106 Å². The Morgan fingerprint density at radius 3 is 2.04 bits per heavy atom. The van der Waals surface area contributed by atoms with E-state index in [-0.39, 0.29) is 59.7 Å². The molecule has 0 aromatic rings. The second-order valence-corrected chi connectivity index (χ2v) is 14.7. The highest BCUT2D eigenvalue weighted by atomic mass is 32.2. The van der Waals surface area contributed by atoms with Gasteiger partial charge in [0.1, 0.15) is 12.3 Å². The monoisotopic (exact) mass is 670 g/mol. The van der Waals surface area contributed by atoms with Crippen LogP contribution < -0.4 is 5.32 Å². The number of carbonyl (C=O) groups is 5. The summed E-state index contributed by atoms with van der Waals surface area (Å²) < 4.78 is 5.53. The molecule has 1 N–H and O–H groups in total. The summed E-state index contributed by atoms with van der Waals surface area (Å²) in [5.41, 5.74) is 0. The fraction of sp³-hybridized carbons (Fsp3) is 0.857. The molecule has 0 heterocycles. The molecule has 0 saturated carbocycles. The van der Waals surface area contributed by atoms with Crippen molar-refractivity contribution in [3.8, 4) is 0 Å². The SMILES string of the molecule is CCC(SCCCC(C)C)C(=O)N(C)CCCCCC(=O)N(C)C(C(=O)NCC(=O)N(C)[C@@H]([C@@H](C)CC)[C@@H](CC=O)OC)C(C)C. The van der Waals surface area contributed by atoms with Gasteiger partial charge in [-0.05, 0) is 49.2 Å². The van der Waals surface area contributed by atoms with Gasteiger partial charge in [0.05, 0.1) is 23.9 Å². The number of amides is 4. The number of unbranched alkanes of at least 4 members (excludes halogenated alkanes) is 2.